The first-order chi connectivity index (χ1) is 15.2. The number of carbonyl (C=O) groups excluding carboxylic acids is 1. The van der Waals surface area contributed by atoms with Crippen molar-refractivity contribution < 1.29 is 36.6 Å². The van der Waals surface area contributed by atoms with Gasteiger partial charge in [0.2, 0.25) is 5.13 Å². The van der Waals surface area contributed by atoms with Crippen LogP contribution in [0.25, 0.3) is 0 Å². The number of hydrogen-bond acceptors (Lipinski definition) is 7. The van der Waals surface area contributed by atoms with E-state index in [0.717, 1.165) is 17.4 Å². The van der Waals surface area contributed by atoms with Crippen LogP contribution in [-0.2, 0) is 12.8 Å². The number of benzene rings is 2. The van der Waals surface area contributed by atoms with Crippen molar-refractivity contribution in [1.82, 2.24) is 10.2 Å². The quantitative estimate of drug-likeness (QED) is 0.474. The molecule has 13 heteroatoms. The maximum Gasteiger partial charge on any atom is 0.419 e. The molecule has 0 aliphatic rings. The van der Waals surface area contributed by atoms with Crippen LogP contribution in [0.2, 0.25) is 0 Å². The minimum absolute atomic E-state index is 0.0450. The van der Waals surface area contributed by atoms with Crippen LogP contribution in [0.1, 0.15) is 10.6 Å². The molecule has 0 radical (unpaired) electrons. The van der Waals surface area contributed by atoms with Gasteiger partial charge in [-0.3, -0.25) is 5.32 Å². The normalized spacial score (nSPS) is 11.1. The lowest BCUT2D eigenvalue weighted by atomic mass is 10.2. The summed E-state index contributed by atoms with van der Waals surface area (Å²) in [6.45, 7) is 0.0450. The number of amides is 2. The Balaban J connectivity index is 1.58. The third-order valence-corrected chi connectivity index (χ3v) is 4.75. The van der Waals surface area contributed by atoms with Crippen molar-refractivity contribution in [3.8, 4) is 17.2 Å². The Morgan fingerprint density at radius 1 is 1.03 bits per heavy atom. The van der Waals surface area contributed by atoms with Gasteiger partial charge in [-0.15, -0.1) is 10.2 Å². The van der Waals surface area contributed by atoms with Gasteiger partial charge in [-0.1, -0.05) is 11.3 Å². The predicted molar refractivity (Wildman–Crippen MR) is 108 cm³/mol. The van der Waals surface area contributed by atoms with E-state index in [1.807, 2.05) is 0 Å². The van der Waals surface area contributed by atoms with Gasteiger partial charge in [-0.2, -0.15) is 13.2 Å². The molecule has 2 N–H and O–H groups in total. The van der Waals surface area contributed by atoms with Gasteiger partial charge in [-0.25, -0.2) is 9.18 Å². The number of carbonyl (C=O) groups is 1. The van der Waals surface area contributed by atoms with Crippen molar-refractivity contribution in [3.05, 3.63) is 52.8 Å². The predicted octanol–water partition coefficient (Wildman–Crippen LogP) is 4.94. The van der Waals surface area contributed by atoms with E-state index in [1.165, 1.54) is 14.2 Å². The zero-order valence-corrected chi connectivity index (χ0v) is 17.4. The van der Waals surface area contributed by atoms with Crippen LogP contribution < -0.4 is 24.8 Å². The third kappa shape index (κ3) is 5.75. The molecule has 2 amide bonds. The number of halogens is 4. The molecule has 0 fully saturated rings. The summed E-state index contributed by atoms with van der Waals surface area (Å²) in [4.78, 5) is 12.0. The van der Waals surface area contributed by atoms with Gasteiger partial charge in [0.15, 0.2) is 16.5 Å². The summed E-state index contributed by atoms with van der Waals surface area (Å²) in [5.41, 5.74) is -1.72. The first-order valence-electron chi connectivity index (χ1n) is 8.81. The van der Waals surface area contributed by atoms with Gasteiger partial charge in [0.05, 0.1) is 19.8 Å². The first kappa shape index (κ1) is 23.1. The number of ether oxygens (including phenoxy) is 3. The lowest BCUT2D eigenvalue weighted by Crippen LogP contribution is -2.20. The van der Waals surface area contributed by atoms with Gasteiger partial charge in [0, 0.05) is 11.8 Å². The van der Waals surface area contributed by atoms with E-state index in [-0.39, 0.29) is 17.4 Å². The fourth-order valence-corrected chi connectivity index (χ4v) is 3.14. The van der Waals surface area contributed by atoms with Crippen LogP contribution in [0.4, 0.5) is 33.2 Å². The standard InChI is InChI=1S/C19H16F4N4O4S/c1-29-14-6-4-11(8-15(14)30-2)31-9-16-26-27-18(32-16)25-17(28)24-10-3-5-13(20)12(7-10)19(21,22)23/h3-8H,9H2,1-2H3,(H2,24,25,27,28). The van der Waals surface area contributed by atoms with Crippen LogP contribution in [0.5, 0.6) is 17.2 Å². The SMILES string of the molecule is COc1ccc(OCc2nnc(NC(=O)Nc3ccc(F)c(C(F)(F)F)c3)s2)cc1OC. The van der Waals surface area contributed by atoms with Crippen LogP contribution in [0.15, 0.2) is 36.4 Å². The minimum atomic E-state index is -4.89. The molecule has 0 bridgehead atoms. The zero-order valence-electron chi connectivity index (χ0n) is 16.6. The molecule has 3 aromatic rings. The maximum absolute atomic E-state index is 13.3. The molecule has 2 aromatic carbocycles. The fraction of sp³-hybridized carbons (Fsp3) is 0.211. The first-order valence-corrected chi connectivity index (χ1v) is 9.63. The molecule has 0 spiro atoms. The van der Waals surface area contributed by atoms with Gasteiger partial charge >= 0.3 is 12.2 Å². The average molecular weight is 472 g/mol. The summed E-state index contributed by atoms with van der Waals surface area (Å²) >= 11 is 1.00. The second-order valence-corrected chi connectivity index (χ2v) is 7.14. The van der Waals surface area contributed by atoms with E-state index < -0.39 is 23.6 Å². The van der Waals surface area contributed by atoms with Crippen molar-refractivity contribution in [2.75, 3.05) is 24.9 Å². The van der Waals surface area contributed by atoms with Crippen molar-refractivity contribution in [3.63, 3.8) is 0 Å². The van der Waals surface area contributed by atoms with Gasteiger partial charge in [-0.05, 0) is 30.3 Å². The third-order valence-electron chi connectivity index (χ3n) is 3.93. The lowest BCUT2D eigenvalue weighted by Gasteiger charge is -2.11. The summed E-state index contributed by atoms with van der Waals surface area (Å²) in [6.07, 6.45) is -4.89. The second-order valence-electron chi connectivity index (χ2n) is 6.08. The van der Waals surface area contributed by atoms with E-state index in [9.17, 15) is 22.4 Å². The van der Waals surface area contributed by atoms with Crippen molar-refractivity contribution in [2.45, 2.75) is 12.8 Å². The highest BCUT2D eigenvalue weighted by atomic mass is 32.1. The van der Waals surface area contributed by atoms with Crippen LogP contribution in [-0.4, -0.2) is 30.4 Å². The minimum Gasteiger partial charge on any atom is -0.493 e. The van der Waals surface area contributed by atoms with Gasteiger partial charge < -0.3 is 19.5 Å². The maximum atomic E-state index is 13.3. The highest BCUT2D eigenvalue weighted by Gasteiger charge is 2.34. The van der Waals surface area contributed by atoms with E-state index in [2.05, 4.69) is 20.8 Å². The van der Waals surface area contributed by atoms with Crippen LogP contribution >= 0.6 is 11.3 Å². The number of nitrogens with one attached hydrogen (secondary N) is 2. The highest BCUT2D eigenvalue weighted by Crippen LogP contribution is 2.33. The number of hydrogen-bond donors (Lipinski definition) is 2. The van der Waals surface area contributed by atoms with Gasteiger partial charge in [0.1, 0.15) is 18.2 Å². The van der Waals surface area contributed by atoms with E-state index in [1.54, 1.807) is 18.2 Å². The van der Waals surface area contributed by atoms with Crippen molar-refractivity contribution in [2.24, 2.45) is 0 Å². The Kier molecular flexibility index (Phi) is 6.98. The Bertz CT molecular complexity index is 1110. The van der Waals surface area contributed by atoms with Crippen LogP contribution in [0.3, 0.4) is 0 Å². The molecule has 8 nitrogen and oxygen atoms in total. The monoisotopic (exact) mass is 472 g/mol. The molecule has 0 saturated carbocycles. The van der Waals surface area contributed by atoms with E-state index >= 15 is 0 Å². The van der Waals surface area contributed by atoms with Crippen molar-refractivity contribution in [1.29, 1.82) is 0 Å². The average Bonchev–Trinajstić information content (AvgIpc) is 3.19. The van der Waals surface area contributed by atoms with Crippen LogP contribution in [0, 0.1) is 5.82 Å². The molecule has 0 saturated heterocycles. The molecule has 170 valence electrons. The Morgan fingerprint density at radius 2 is 1.78 bits per heavy atom. The number of alkyl halides is 3. The Hall–Kier alpha value is -3.61. The summed E-state index contributed by atoms with van der Waals surface area (Å²) in [6, 6.07) is 6.23. The summed E-state index contributed by atoms with van der Waals surface area (Å²) in [7, 11) is 3.00. The number of urea groups is 1. The molecule has 1 heterocycles. The lowest BCUT2D eigenvalue weighted by molar-refractivity contribution is -0.139. The molecule has 0 unspecified atom stereocenters. The summed E-state index contributed by atoms with van der Waals surface area (Å²) in [5, 5.41) is 12.7. The summed E-state index contributed by atoms with van der Waals surface area (Å²) < 4.78 is 67.6. The molecular formula is C19H16F4N4O4S. The topological polar surface area (TPSA) is 94.6 Å². The molecule has 1 aromatic heterocycles. The Morgan fingerprint density at radius 3 is 2.47 bits per heavy atom. The molecule has 0 aliphatic heterocycles. The number of aromatic nitrogens is 2. The number of rotatable bonds is 7. The fourth-order valence-electron chi connectivity index (χ4n) is 2.49. The summed E-state index contributed by atoms with van der Waals surface area (Å²) in [5.74, 6) is 0.0705. The number of methoxy groups -OCH3 is 2. The van der Waals surface area contributed by atoms with Crippen molar-refractivity contribution >= 4 is 28.2 Å². The second kappa shape index (κ2) is 9.68. The zero-order chi connectivity index (χ0) is 23.3. The molecule has 0 atom stereocenters. The van der Waals surface area contributed by atoms with E-state index in [0.29, 0.717) is 34.4 Å². The van der Waals surface area contributed by atoms with Gasteiger partial charge in [0.25, 0.3) is 0 Å². The highest BCUT2D eigenvalue weighted by molar-refractivity contribution is 7.15. The molecule has 3 rings (SSSR count). The largest absolute Gasteiger partial charge is 0.493 e. The molecule has 32 heavy (non-hydrogen) atoms. The number of anilines is 2. The number of nitrogens with zero attached hydrogens (tertiary/aromatic N) is 2. The van der Waals surface area contributed by atoms with E-state index in [4.69, 9.17) is 14.2 Å². The molecular weight excluding hydrogens is 456 g/mol. The Labute approximate surface area is 183 Å². The molecule has 0 aliphatic carbocycles. The smallest absolute Gasteiger partial charge is 0.419 e.